The maximum Gasteiger partial charge on any atom is 0.170 e. The van der Waals surface area contributed by atoms with E-state index < -0.39 is 0 Å². The molecule has 168 valence electrons. The summed E-state index contributed by atoms with van der Waals surface area (Å²) in [5, 5.41) is 14.8. The topological polar surface area (TPSA) is 56.6 Å². The Bertz CT molecular complexity index is 1090. The highest BCUT2D eigenvalue weighted by Gasteiger charge is 2.41. The molecule has 1 aliphatic rings. The Kier molecular flexibility index (Phi) is 6.48. The molecule has 1 saturated heterocycles. The fraction of sp³-hybridized carbons (Fsp3) is 0.360. The number of para-hydroxylation sites is 2. The van der Waals surface area contributed by atoms with Crippen molar-refractivity contribution in [3.8, 4) is 11.4 Å². The van der Waals surface area contributed by atoms with E-state index >= 15 is 0 Å². The lowest BCUT2D eigenvalue weighted by atomic mass is 9.96. The van der Waals surface area contributed by atoms with Crippen molar-refractivity contribution in [1.82, 2.24) is 24.7 Å². The second-order valence-electron chi connectivity index (χ2n) is 8.63. The van der Waals surface area contributed by atoms with Crippen LogP contribution < -0.4 is 5.32 Å². The van der Waals surface area contributed by atoms with Crippen molar-refractivity contribution < 1.29 is 5.11 Å². The Balaban J connectivity index is 1.78. The van der Waals surface area contributed by atoms with Crippen molar-refractivity contribution in [3.05, 3.63) is 77.4 Å². The normalized spacial score (nSPS) is 18.4. The Morgan fingerprint density at radius 2 is 1.88 bits per heavy atom. The molecule has 0 spiro atoms. The van der Waals surface area contributed by atoms with Gasteiger partial charge in [0.1, 0.15) is 5.75 Å². The molecule has 0 radical (unpaired) electrons. The maximum absolute atomic E-state index is 10.5. The van der Waals surface area contributed by atoms with E-state index in [0.717, 1.165) is 47.4 Å². The Morgan fingerprint density at radius 3 is 2.56 bits per heavy atom. The van der Waals surface area contributed by atoms with E-state index in [1.165, 1.54) is 5.56 Å². The van der Waals surface area contributed by atoms with E-state index in [-0.39, 0.29) is 17.8 Å². The van der Waals surface area contributed by atoms with Crippen LogP contribution in [-0.2, 0) is 0 Å². The summed E-state index contributed by atoms with van der Waals surface area (Å²) in [6.07, 6.45) is 2.84. The van der Waals surface area contributed by atoms with Crippen LogP contribution in [0.25, 0.3) is 5.69 Å². The third-order valence-corrected chi connectivity index (χ3v) is 6.47. The fourth-order valence-corrected chi connectivity index (χ4v) is 4.98. The zero-order chi connectivity index (χ0) is 22.8. The molecule has 0 amide bonds. The summed E-state index contributed by atoms with van der Waals surface area (Å²) in [5.74, 6) is 0.269. The highest BCUT2D eigenvalue weighted by molar-refractivity contribution is 7.80. The smallest absolute Gasteiger partial charge is 0.170 e. The van der Waals surface area contributed by atoms with Crippen LogP contribution in [0.1, 0.15) is 41.1 Å². The van der Waals surface area contributed by atoms with Crippen molar-refractivity contribution in [2.24, 2.45) is 0 Å². The minimum Gasteiger partial charge on any atom is -0.506 e. The molecule has 2 N–H and O–H groups in total. The van der Waals surface area contributed by atoms with Gasteiger partial charge in [0.05, 0.1) is 23.5 Å². The first-order valence-corrected chi connectivity index (χ1v) is 11.4. The summed E-state index contributed by atoms with van der Waals surface area (Å²) in [6.45, 7) is 6.05. The average molecular weight is 450 g/mol. The molecular weight excluding hydrogens is 418 g/mol. The molecular formula is C25H31N5OS. The van der Waals surface area contributed by atoms with Crippen LogP contribution in [-0.4, -0.2) is 56.8 Å². The zero-order valence-electron chi connectivity index (χ0n) is 19.1. The molecule has 1 aliphatic heterocycles. The Hall–Kier alpha value is -2.90. The van der Waals surface area contributed by atoms with Crippen molar-refractivity contribution in [2.45, 2.75) is 32.4 Å². The minimum absolute atomic E-state index is 0.0189. The lowest BCUT2D eigenvalue weighted by molar-refractivity contribution is 0.292. The number of aromatic nitrogens is 2. The summed E-state index contributed by atoms with van der Waals surface area (Å²) in [4.78, 5) is 9.14. The number of hydrogen-bond acceptors (Lipinski definition) is 4. The summed E-state index contributed by atoms with van der Waals surface area (Å²) in [7, 11) is 4.18. The van der Waals surface area contributed by atoms with Crippen LogP contribution in [0.4, 0.5) is 0 Å². The molecule has 32 heavy (non-hydrogen) atoms. The molecule has 6 nitrogen and oxygen atoms in total. The van der Waals surface area contributed by atoms with Gasteiger partial charge in [-0.3, -0.25) is 4.98 Å². The van der Waals surface area contributed by atoms with Crippen LogP contribution in [0.5, 0.6) is 5.75 Å². The molecule has 4 rings (SSSR count). The van der Waals surface area contributed by atoms with Crippen molar-refractivity contribution >= 4 is 17.3 Å². The number of nitrogens with zero attached hydrogens (tertiary/aromatic N) is 4. The van der Waals surface area contributed by atoms with E-state index in [0.29, 0.717) is 0 Å². The Morgan fingerprint density at radius 1 is 1.12 bits per heavy atom. The standard InChI is InChI=1S/C25H31N5OS/c1-17-16-19(18(2)30(17)21-11-5-6-12-22(21)31)24-23(20-10-7-8-13-26-20)27-25(32)29(24)15-9-14-28(3)4/h5-8,10-13,16,23-24,31H,9,14-15H2,1-4H3,(H,27,32). The van der Waals surface area contributed by atoms with E-state index in [9.17, 15) is 5.11 Å². The molecule has 3 aromatic rings. The number of thiocarbonyl (C=S) groups is 1. The molecule has 2 aromatic heterocycles. The maximum atomic E-state index is 10.5. The van der Waals surface area contributed by atoms with Gasteiger partial charge in [0.2, 0.25) is 0 Å². The van der Waals surface area contributed by atoms with Crippen LogP contribution in [0, 0.1) is 13.8 Å². The zero-order valence-corrected chi connectivity index (χ0v) is 19.9. The van der Waals surface area contributed by atoms with E-state index in [2.05, 4.69) is 64.7 Å². The average Bonchev–Trinajstić information content (AvgIpc) is 3.24. The predicted octanol–water partition coefficient (Wildman–Crippen LogP) is 4.12. The minimum atomic E-state index is -0.0404. The van der Waals surface area contributed by atoms with Crippen LogP contribution in [0.15, 0.2) is 54.7 Å². The van der Waals surface area contributed by atoms with Gasteiger partial charge in [0, 0.05) is 24.1 Å². The number of pyridine rings is 1. The molecule has 3 heterocycles. The summed E-state index contributed by atoms with van der Waals surface area (Å²) < 4.78 is 2.12. The first-order valence-electron chi connectivity index (χ1n) is 11.0. The molecule has 0 saturated carbocycles. The number of rotatable bonds is 7. The third-order valence-electron chi connectivity index (χ3n) is 6.11. The monoisotopic (exact) mass is 449 g/mol. The van der Waals surface area contributed by atoms with Gasteiger partial charge in [-0.05, 0) is 89.0 Å². The van der Waals surface area contributed by atoms with Crippen molar-refractivity contribution in [2.75, 3.05) is 27.2 Å². The van der Waals surface area contributed by atoms with Gasteiger partial charge in [-0.2, -0.15) is 0 Å². The molecule has 7 heteroatoms. The lowest BCUT2D eigenvalue weighted by Crippen LogP contribution is -2.32. The van der Waals surface area contributed by atoms with Crippen molar-refractivity contribution in [1.29, 1.82) is 0 Å². The van der Waals surface area contributed by atoms with E-state index in [4.69, 9.17) is 12.2 Å². The Labute approximate surface area is 195 Å². The molecule has 1 fully saturated rings. The first kappa shape index (κ1) is 22.3. The molecule has 0 bridgehead atoms. The van der Waals surface area contributed by atoms with Gasteiger partial charge >= 0.3 is 0 Å². The van der Waals surface area contributed by atoms with Gasteiger partial charge in [-0.1, -0.05) is 18.2 Å². The number of nitrogens with one attached hydrogen (secondary N) is 1. The van der Waals surface area contributed by atoms with E-state index in [1.807, 2.05) is 36.5 Å². The quantitative estimate of drug-likeness (QED) is 0.529. The number of benzene rings is 1. The first-order chi connectivity index (χ1) is 15.4. The fourth-order valence-electron chi connectivity index (χ4n) is 4.65. The highest BCUT2D eigenvalue weighted by atomic mass is 32.1. The molecule has 2 atom stereocenters. The second-order valence-corrected chi connectivity index (χ2v) is 9.01. The number of aryl methyl sites for hydroxylation is 1. The van der Waals surface area contributed by atoms with E-state index in [1.54, 1.807) is 6.07 Å². The van der Waals surface area contributed by atoms with Gasteiger partial charge in [0.25, 0.3) is 0 Å². The highest BCUT2D eigenvalue weighted by Crippen LogP contribution is 2.42. The van der Waals surface area contributed by atoms with Crippen molar-refractivity contribution in [3.63, 3.8) is 0 Å². The number of phenolic OH excluding ortho intramolecular Hbond substituents is 1. The van der Waals surface area contributed by atoms with Crippen LogP contribution in [0.3, 0.4) is 0 Å². The lowest BCUT2D eigenvalue weighted by Gasteiger charge is -2.28. The summed E-state index contributed by atoms with van der Waals surface area (Å²) in [6, 6.07) is 15.7. The predicted molar refractivity (Wildman–Crippen MR) is 132 cm³/mol. The van der Waals surface area contributed by atoms with Gasteiger partial charge < -0.3 is 24.8 Å². The SMILES string of the molecule is Cc1cc(C2C(c3ccccn3)NC(=S)N2CCCN(C)C)c(C)n1-c1ccccc1O. The van der Waals surface area contributed by atoms with Gasteiger partial charge in [0.15, 0.2) is 5.11 Å². The third kappa shape index (κ3) is 4.23. The number of phenols is 1. The van der Waals surface area contributed by atoms with Gasteiger partial charge in [-0.15, -0.1) is 0 Å². The number of hydrogen-bond donors (Lipinski definition) is 2. The number of aromatic hydroxyl groups is 1. The van der Waals surface area contributed by atoms with Gasteiger partial charge in [-0.25, -0.2) is 0 Å². The molecule has 2 unspecified atom stereocenters. The molecule has 0 aliphatic carbocycles. The summed E-state index contributed by atoms with van der Waals surface area (Å²) in [5.41, 5.74) is 5.13. The van der Waals surface area contributed by atoms with Crippen LogP contribution >= 0.6 is 12.2 Å². The largest absolute Gasteiger partial charge is 0.506 e. The van der Waals surface area contributed by atoms with Crippen LogP contribution in [0.2, 0.25) is 0 Å². The molecule has 1 aromatic carbocycles. The second kappa shape index (κ2) is 9.30. The summed E-state index contributed by atoms with van der Waals surface area (Å²) >= 11 is 5.80.